The molecule has 3 aromatic rings. The third-order valence-electron chi connectivity index (χ3n) is 7.02. The van der Waals surface area contributed by atoms with Crippen LogP contribution in [0, 0.1) is 13.8 Å². The highest BCUT2D eigenvalue weighted by Crippen LogP contribution is 2.34. The second-order valence-electron chi connectivity index (χ2n) is 9.09. The Labute approximate surface area is 203 Å². The highest BCUT2D eigenvalue weighted by Gasteiger charge is 2.52. The van der Waals surface area contributed by atoms with E-state index in [-0.39, 0.29) is 18.2 Å². The number of aromatic nitrogens is 1. The van der Waals surface area contributed by atoms with E-state index in [0.717, 1.165) is 38.9 Å². The van der Waals surface area contributed by atoms with Gasteiger partial charge in [-0.15, -0.1) is 11.8 Å². The maximum Gasteiger partial charge on any atom is 0.325 e. The average molecular weight is 474 g/mol. The van der Waals surface area contributed by atoms with Gasteiger partial charge in [0.25, 0.3) is 5.91 Å². The second kappa shape index (κ2) is 8.47. The number of ketones is 1. The molecule has 1 aromatic heterocycles. The minimum Gasteiger partial charge on any atom is -0.323 e. The van der Waals surface area contributed by atoms with Crippen LogP contribution >= 0.6 is 11.8 Å². The predicted octanol–water partition coefficient (Wildman–Crippen LogP) is 4.48. The van der Waals surface area contributed by atoms with Gasteiger partial charge in [0.15, 0.2) is 5.78 Å². The summed E-state index contributed by atoms with van der Waals surface area (Å²) < 4.78 is 2.04. The Hall–Kier alpha value is -3.32. The summed E-state index contributed by atoms with van der Waals surface area (Å²) in [6, 6.07) is 17.5. The molecule has 1 aliphatic carbocycles. The fraction of sp³-hybridized carbons (Fsp3) is 0.296. The van der Waals surface area contributed by atoms with Gasteiger partial charge in [-0.25, -0.2) is 4.79 Å². The zero-order valence-electron chi connectivity index (χ0n) is 19.6. The molecule has 2 aliphatic rings. The van der Waals surface area contributed by atoms with Gasteiger partial charge in [-0.1, -0.05) is 30.3 Å². The Balaban J connectivity index is 1.39. The molecule has 34 heavy (non-hydrogen) atoms. The summed E-state index contributed by atoms with van der Waals surface area (Å²) in [7, 11) is 0. The topological polar surface area (TPSA) is 71.4 Å². The van der Waals surface area contributed by atoms with E-state index in [1.807, 2.05) is 67.1 Å². The second-order valence-corrected chi connectivity index (χ2v) is 9.97. The van der Waals surface area contributed by atoms with Crippen molar-refractivity contribution in [1.82, 2.24) is 14.8 Å². The fourth-order valence-corrected chi connectivity index (χ4v) is 5.72. The molecule has 0 saturated carbocycles. The first kappa shape index (κ1) is 22.5. The van der Waals surface area contributed by atoms with E-state index >= 15 is 0 Å². The van der Waals surface area contributed by atoms with E-state index in [4.69, 9.17) is 0 Å². The minimum atomic E-state index is -0.957. The van der Waals surface area contributed by atoms with Crippen LogP contribution in [0.15, 0.2) is 59.5 Å². The van der Waals surface area contributed by atoms with Crippen molar-refractivity contribution in [2.24, 2.45) is 0 Å². The SMILES string of the molecule is CSc1cccc(-n2c(C)cc(C(=O)CN3C(=O)NC4(CCc5ccccc5C4)C3=O)c2C)c1. The largest absolute Gasteiger partial charge is 0.325 e. The molecule has 2 heterocycles. The summed E-state index contributed by atoms with van der Waals surface area (Å²) in [6.07, 6.45) is 3.75. The van der Waals surface area contributed by atoms with Crippen LogP contribution in [-0.4, -0.2) is 45.5 Å². The predicted molar refractivity (Wildman–Crippen MR) is 133 cm³/mol. The number of rotatable bonds is 5. The molecule has 7 heteroatoms. The zero-order valence-corrected chi connectivity index (χ0v) is 20.4. The highest BCUT2D eigenvalue weighted by atomic mass is 32.2. The van der Waals surface area contributed by atoms with E-state index in [9.17, 15) is 14.4 Å². The third-order valence-corrected chi connectivity index (χ3v) is 7.75. The van der Waals surface area contributed by atoms with Crippen molar-refractivity contribution in [1.29, 1.82) is 0 Å². The zero-order chi connectivity index (χ0) is 24.0. The molecule has 1 unspecified atom stereocenters. The Bertz CT molecular complexity index is 1330. The number of carbonyl (C=O) groups excluding carboxylic acids is 3. The van der Waals surface area contributed by atoms with Gasteiger partial charge in [-0.2, -0.15) is 0 Å². The first-order chi connectivity index (χ1) is 16.3. The number of carbonyl (C=O) groups is 3. The van der Waals surface area contributed by atoms with Gasteiger partial charge in [0, 0.05) is 34.0 Å². The number of nitrogens with zero attached hydrogens (tertiary/aromatic N) is 2. The first-order valence-electron chi connectivity index (χ1n) is 11.4. The number of hydrogen-bond acceptors (Lipinski definition) is 4. The van der Waals surface area contributed by atoms with E-state index < -0.39 is 11.6 Å². The number of hydrogen-bond donors (Lipinski definition) is 1. The molecule has 174 valence electrons. The number of nitrogens with one attached hydrogen (secondary N) is 1. The van der Waals surface area contributed by atoms with Crippen LogP contribution in [0.5, 0.6) is 0 Å². The molecule has 2 aromatic carbocycles. The number of amides is 3. The maximum atomic E-state index is 13.4. The van der Waals surface area contributed by atoms with Gasteiger partial charge < -0.3 is 9.88 Å². The van der Waals surface area contributed by atoms with Crippen molar-refractivity contribution in [3.05, 3.63) is 82.7 Å². The molecule has 5 rings (SSSR count). The number of thioether (sulfide) groups is 1. The van der Waals surface area contributed by atoms with Crippen LogP contribution in [0.3, 0.4) is 0 Å². The molecule has 1 spiro atoms. The number of benzene rings is 2. The van der Waals surface area contributed by atoms with Crippen LogP contribution in [0.25, 0.3) is 5.69 Å². The summed E-state index contributed by atoms with van der Waals surface area (Å²) in [5.74, 6) is -0.543. The van der Waals surface area contributed by atoms with Gasteiger partial charge in [0.05, 0.1) is 6.54 Å². The van der Waals surface area contributed by atoms with E-state index in [1.165, 1.54) is 5.56 Å². The van der Waals surface area contributed by atoms with Gasteiger partial charge in [-0.3, -0.25) is 14.5 Å². The Kier molecular flexibility index (Phi) is 5.60. The minimum absolute atomic E-state index is 0.239. The number of urea groups is 1. The van der Waals surface area contributed by atoms with Crippen LogP contribution in [0.1, 0.15) is 39.3 Å². The normalized spacial score (nSPS) is 19.4. The number of imide groups is 1. The molecule has 1 aliphatic heterocycles. The Morgan fingerprint density at radius 3 is 2.59 bits per heavy atom. The van der Waals surface area contributed by atoms with Crippen LogP contribution in [0.2, 0.25) is 0 Å². The van der Waals surface area contributed by atoms with Gasteiger partial charge in [0.2, 0.25) is 0 Å². The summed E-state index contributed by atoms with van der Waals surface area (Å²) >= 11 is 1.66. The lowest BCUT2D eigenvalue weighted by Gasteiger charge is -2.32. The van der Waals surface area contributed by atoms with Gasteiger partial charge in [-0.05, 0) is 68.3 Å². The van der Waals surface area contributed by atoms with Crippen molar-refractivity contribution in [2.75, 3.05) is 12.8 Å². The smallest absolute Gasteiger partial charge is 0.323 e. The standard InChI is InChI=1S/C27H27N3O3S/c1-17-13-23(18(2)30(17)21-9-6-10-22(14-21)34-3)24(31)16-29-25(32)27(28-26(29)33)12-11-19-7-4-5-8-20(19)15-27/h4-10,13-14H,11-12,15-16H2,1-3H3,(H,28,33). The first-order valence-corrected chi connectivity index (χ1v) is 12.6. The Morgan fingerprint density at radius 2 is 1.82 bits per heavy atom. The molecule has 0 radical (unpaired) electrons. The lowest BCUT2D eigenvalue weighted by molar-refractivity contribution is -0.131. The van der Waals surface area contributed by atoms with Crippen LogP contribution in [0.4, 0.5) is 4.79 Å². The van der Waals surface area contributed by atoms with E-state index in [1.54, 1.807) is 11.8 Å². The Morgan fingerprint density at radius 1 is 1.06 bits per heavy atom. The number of aryl methyl sites for hydroxylation is 2. The van der Waals surface area contributed by atoms with Crippen molar-refractivity contribution in [2.45, 2.75) is 43.5 Å². The van der Waals surface area contributed by atoms with E-state index in [0.29, 0.717) is 18.4 Å². The van der Waals surface area contributed by atoms with Gasteiger partial charge in [0.1, 0.15) is 5.54 Å². The van der Waals surface area contributed by atoms with Crippen LogP contribution < -0.4 is 5.32 Å². The molecule has 3 amide bonds. The quantitative estimate of drug-likeness (QED) is 0.337. The lowest BCUT2D eigenvalue weighted by atomic mass is 9.78. The van der Waals surface area contributed by atoms with Crippen LogP contribution in [-0.2, 0) is 17.6 Å². The summed E-state index contributed by atoms with van der Waals surface area (Å²) in [5.41, 5.74) is 4.57. The summed E-state index contributed by atoms with van der Waals surface area (Å²) in [5, 5.41) is 2.91. The number of Topliss-reactive ketones (excluding diaryl/α,β-unsaturated/α-hetero) is 1. The van der Waals surface area contributed by atoms with Crippen molar-refractivity contribution in [3.8, 4) is 5.69 Å². The molecule has 1 fully saturated rings. The monoisotopic (exact) mass is 473 g/mol. The summed E-state index contributed by atoms with van der Waals surface area (Å²) in [6.45, 7) is 3.60. The van der Waals surface area contributed by atoms with Gasteiger partial charge >= 0.3 is 6.03 Å². The van der Waals surface area contributed by atoms with Crippen molar-refractivity contribution in [3.63, 3.8) is 0 Å². The summed E-state index contributed by atoms with van der Waals surface area (Å²) in [4.78, 5) is 41.8. The van der Waals surface area contributed by atoms with Crippen molar-refractivity contribution >= 4 is 29.5 Å². The molecular weight excluding hydrogens is 446 g/mol. The lowest BCUT2D eigenvalue weighted by Crippen LogP contribution is -2.51. The fourth-order valence-electron chi connectivity index (χ4n) is 5.27. The van der Waals surface area contributed by atoms with Crippen molar-refractivity contribution < 1.29 is 14.4 Å². The highest BCUT2D eigenvalue weighted by molar-refractivity contribution is 7.98. The molecule has 1 N–H and O–H groups in total. The molecule has 6 nitrogen and oxygen atoms in total. The average Bonchev–Trinajstić information content (AvgIpc) is 3.26. The molecule has 1 saturated heterocycles. The molecule has 1 atom stereocenters. The maximum absolute atomic E-state index is 13.4. The molecule has 0 bridgehead atoms. The molecular formula is C27H27N3O3S. The van der Waals surface area contributed by atoms with E-state index in [2.05, 4.69) is 17.4 Å². The number of fused-ring (bicyclic) bond motifs is 1. The third kappa shape index (κ3) is 3.64.